The Bertz CT molecular complexity index is 921. The van der Waals surface area contributed by atoms with Crippen LogP contribution < -0.4 is 20.9 Å². The average molecular weight is 345 g/mol. The van der Waals surface area contributed by atoms with E-state index in [1.807, 2.05) is 6.07 Å². The zero-order valence-corrected chi connectivity index (χ0v) is 13.7. The van der Waals surface area contributed by atoms with Crippen LogP contribution in [0.15, 0.2) is 41.3 Å². The molecule has 0 radical (unpaired) electrons. The maximum absolute atomic E-state index is 11.6. The van der Waals surface area contributed by atoms with Crippen LogP contribution in [-0.2, 0) is 4.79 Å². The van der Waals surface area contributed by atoms with Crippen molar-refractivity contribution in [2.24, 2.45) is 0 Å². The van der Waals surface area contributed by atoms with Crippen LogP contribution in [0.5, 0.6) is 5.75 Å². The molecule has 0 fully saturated rings. The Morgan fingerprint density at radius 2 is 2.25 bits per heavy atom. The normalized spacial score (nSPS) is 10.5. The first-order valence-electron chi connectivity index (χ1n) is 7.21. The zero-order valence-electron chi connectivity index (χ0n) is 12.9. The molecule has 0 atom stereocenters. The highest BCUT2D eigenvalue weighted by Gasteiger charge is 2.05. The number of nitrogens with one attached hydrogen (secondary N) is 2. The van der Waals surface area contributed by atoms with Gasteiger partial charge in [0.15, 0.2) is 0 Å². The summed E-state index contributed by atoms with van der Waals surface area (Å²) < 4.78 is 6.88. The molecule has 0 spiro atoms. The molecule has 2 N–H and O–H groups in total. The van der Waals surface area contributed by atoms with Gasteiger partial charge in [-0.25, -0.2) is 4.98 Å². The Hall–Kier alpha value is -2.94. The first kappa shape index (κ1) is 15.9. The average Bonchev–Trinajstić information content (AvgIpc) is 2.96. The lowest BCUT2D eigenvalue weighted by Crippen LogP contribution is -2.14. The van der Waals surface area contributed by atoms with Crippen molar-refractivity contribution < 1.29 is 9.53 Å². The highest BCUT2D eigenvalue weighted by Crippen LogP contribution is 2.18. The number of rotatable bonds is 6. The minimum Gasteiger partial charge on any atom is -0.492 e. The van der Waals surface area contributed by atoms with Gasteiger partial charge < -0.3 is 15.4 Å². The molecule has 0 unspecified atom stereocenters. The maximum Gasteiger partial charge on any atom is 0.275 e. The Labute approximate surface area is 141 Å². The van der Waals surface area contributed by atoms with Crippen LogP contribution >= 0.6 is 11.3 Å². The molecule has 0 aliphatic carbocycles. The van der Waals surface area contributed by atoms with E-state index in [9.17, 15) is 9.59 Å². The third kappa shape index (κ3) is 3.87. The van der Waals surface area contributed by atoms with Crippen LogP contribution in [0.3, 0.4) is 0 Å². The number of amides is 1. The van der Waals surface area contributed by atoms with Crippen molar-refractivity contribution in [3.63, 3.8) is 0 Å². The zero-order chi connectivity index (χ0) is 16.9. The van der Waals surface area contributed by atoms with Crippen LogP contribution in [-0.4, -0.2) is 33.7 Å². The van der Waals surface area contributed by atoms with Crippen molar-refractivity contribution in [1.82, 2.24) is 14.6 Å². The van der Waals surface area contributed by atoms with Crippen LogP contribution in [0.25, 0.3) is 4.96 Å². The molecule has 1 aromatic carbocycles. The van der Waals surface area contributed by atoms with E-state index in [0.717, 1.165) is 0 Å². The first-order chi connectivity index (χ1) is 11.6. The molecule has 8 nitrogen and oxygen atoms in total. The molecule has 24 heavy (non-hydrogen) atoms. The summed E-state index contributed by atoms with van der Waals surface area (Å²) in [5.74, 6) is 0.527. The van der Waals surface area contributed by atoms with Gasteiger partial charge in [-0.15, -0.1) is 5.10 Å². The number of ether oxygens (including phenoxy) is 1. The first-order valence-corrected chi connectivity index (χ1v) is 8.03. The number of anilines is 2. The van der Waals surface area contributed by atoms with Crippen molar-refractivity contribution in [3.05, 3.63) is 46.9 Å². The highest BCUT2D eigenvalue weighted by atomic mass is 32.1. The molecule has 3 aromatic rings. The number of carbonyl (C=O) groups excluding carboxylic acids is 1. The predicted octanol–water partition coefficient (Wildman–Crippen LogP) is 1.60. The number of aromatic nitrogens is 3. The van der Waals surface area contributed by atoms with E-state index in [4.69, 9.17) is 4.74 Å². The fourth-order valence-electron chi connectivity index (χ4n) is 2.01. The second-order valence-corrected chi connectivity index (χ2v) is 5.82. The highest BCUT2D eigenvalue weighted by molar-refractivity contribution is 7.20. The largest absolute Gasteiger partial charge is 0.492 e. The van der Waals surface area contributed by atoms with E-state index >= 15 is 0 Å². The second-order valence-electron chi connectivity index (χ2n) is 4.87. The van der Waals surface area contributed by atoms with Crippen LogP contribution in [0.4, 0.5) is 10.8 Å². The number of fused-ring (bicyclic) bond motifs is 1. The number of carbonyl (C=O) groups is 1. The summed E-state index contributed by atoms with van der Waals surface area (Å²) >= 11 is 1.29. The molecule has 0 saturated heterocycles. The van der Waals surface area contributed by atoms with Gasteiger partial charge in [-0.2, -0.15) is 4.52 Å². The molecule has 124 valence electrons. The van der Waals surface area contributed by atoms with E-state index in [-0.39, 0.29) is 11.5 Å². The number of nitrogens with zero attached hydrogens (tertiary/aromatic N) is 3. The quantitative estimate of drug-likeness (QED) is 0.659. The van der Waals surface area contributed by atoms with Crippen molar-refractivity contribution in [2.75, 3.05) is 23.8 Å². The van der Waals surface area contributed by atoms with Crippen molar-refractivity contribution in [1.29, 1.82) is 0 Å². The maximum atomic E-state index is 11.6. The lowest BCUT2D eigenvalue weighted by atomic mass is 10.3. The SMILES string of the molecule is CC(=O)Nc1cccc(OCCNc2nn3c(=O)ccnc3s2)c1. The fraction of sp³-hybridized carbons (Fsp3) is 0.200. The number of benzene rings is 1. The smallest absolute Gasteiger partial charge is 0.275 e. The lowest BCUT2D eigenvalue weighted by molar-refractivity contribution is -0.114. The van der Waals surface area contributed by atoms with Crippen molar-refractivity contribution in [2.45, 2.75) is 6.92 Å². The molecule has 9 heteroatoms. The minimum atomic E-state index is -0.213. The molecular formula is C15H15N5O3S. The van der Waals surface area contributed by atoms with Gasteiger partial charge in [-0.3, -0.25) is 9.59 Å². The van der Waals surface area contributed by atoms with E-state index in [0.29, 0.717) is 34.7 Å². The van der Waals surface area contributed by atoms with Gasteiger partial charge in [0.05, 0.1) is 6.54 Å². The number of hydrogen-bond acceptors (Lipinski definition) is 7. The van der Waals surface area contributed by atoms with Crippen molar-refractivity contribution in [3.8, 4) is 5.75 Å². The molecule has 0 saturated carbocycles. The Kier molecular flexibility index (Phi) is 4.71. The Morgan fingerprint density at radius 1 is 1.38 bits per heavy atom. The Balaban J connectivity index is 1.54. The summed E-state index contributed by atoms with van der Waals surface area (Å²) in [6.45, 7) is 2.37. The molecule has 0 bridgehead atoms. The van der Waals surface area contributed by atoms with E-state index in [2.05, 4.69) is 20.7 Å². The van der Waals surface area contributed by atoms with Gasteiger partial charge in [-0.1, -0.05) is 17.4 Å². The summed E-state index contributed by atoms with van der Waals surface area (Å²) in [4.78, 5) is 27.3. The summed E-state index contributed by atoms with van der Waals surface area (Å²) in [7, 11) is 0. The van der Waals surface area contributed by atoms with Gasteiger partial charge in [0.25, 0.3) is 5.56 Å². The van der Waals surface area contributed by atoms with Gasteiger partial charge in [0.2, 0.25) is 16.0 Å². The standard InChI is InChI=1S/C15H15N5O3S/c1-10(21)18-11-3-2-4-12(9-11)23-8-7-16-14-19-20-13(22)5-6-17-15(20)24-14/h2-6,9H,7-8H2,1H3,(H,16,19)(H,18,21). The van der Waals surface area contributed by atoms with Gasteiger partial charge in [0, 0.05) is 30.9 Å². The van der Waals surface area contributed by atoms with E-state index < -0.39 is 0 Å². The summed E-state index contributed by atoms with van der Waals surface area (Å²) in [6, 6.07) is 8.52. The Morgan fingerprint density at radius 3 is 3.04 bits per heavy atom. The predicted molar refractivity (Wildman–Crippen MR) is 91.9 cm³/mol. The van der Waals surface area contributed by atoms with E-state index in [1.54, 1.807) is 18.2 Å². The van der Waals surface area contributed by atoms with Crippen molar-refractivity contribution >= 4 is 33.0 Å². The molecule has 1 amide bonds. The summed E-state index contributed by atoms with van der Waals surface area (Å²) in [5.41, 5.74) is 0.472. The third-order valence-electron chi connectivity index (χ3n) is 2.97. The summed E-state index contributed by atoms with van der Waals surface area (Å²) in [6.07, 6.45) is 1.46. The topological polar surface area (TPSA) is 97.6 Å². The molecule has 0 aliphatic heterocycles. The third-order valence-corrected chi connectivity index (χ3v) is 3.85. The summed E-state index contributed by atoms with van der Waals surface area (Å²) in [5, 5.41) is 10.5. The molecule has 2 aromatic heterocycles. The molecular weight excluding hydrogens is 330 g/mol. The van der Waals surface area contributed by atoms with Crippen LogP contribution in [0.1, 0.15) is 6.92 Å². The monoisotopic (exact) mass is 345 g/mol. The molecule has 3 rings (SSSR count). The van der Waals surface area contributed by atoms with Gasteiger partial charge in [-0.05, 0) is 12.1 Å². The van der Waals surface area contributed by atoms with Crippen LogP contribution in [0, 0.1) is 0 Å². The van der Waals surface area contributed by atoms with Gasteiger partial charge >= 0.3 is 0 Å². The lowest BCUT2D eigenvalue weighted by Gasteiger charge is -2.08. The molecule has 0 aliphatic rings. The van der Waals surface area contributed by atoms with Gasteiger partial charge in [0.1, 0.15) is 12.4 Å². The second kappa shape index (κ2) is 7.09. The minimum absolute atomic E-state index is 0.131. The number of hydrogen-bond donors (Lipinski definition) is 2. The van der Waals surface area contributed by atoms with E-state index in [1.165, 1.54) is 35.0 Å². The fourth-order valence-corrected chi connectivity index (χ4v) is 2.81. The molecule has 2 heterocycles. The van der Waals surface area contributed by atoms with Crippen LogP contribution in [0.2, 0.25) is 0 Å².